The lowest BCUT2D eigenvalue weighted by atomic mass is 10.2. The fourth-order valence-electron chi connectivity index (χ4n) is 1.92. The topological polar surface area (TPSA) is 43.3 Å². The van der Waals surface area contributed by atoms with Crippen LogP contribution in [0.15, 0.2) is 48.8 Å². The molecule has 0 unspecified atom stereocenters. The lowest BCUT2D eigenvalue weighted by molar-refractivity contribution is 1.03. The molecule has 0 radical (unpaired) electrons. The van der Waals surface area contributed by atoms with E-state index in [1.807, 2.05) is 28.9 Å². The first kappa shape index (κ1) is 14.3. The molecule has 0 amide bonds. The molecule has 0 spiro atoms. The van der Waals surface area contributed by atoms with Crippen LogP contribution in [0.5, 0.6) is 0 Å². The van der Waals surface area contributed by atoms with Gasteiger partial charge in [-0.1, -0.05) is 18.2 Å². The molecule has 3 nitrogen and oxygen atoms in total. The van der Waals surface area contributed by atoms with Gasteiger partial charge in [0, 0.05) is 28.1 Å². The maximum atomic E-state index is 5.64. The second kappa shape index (κ2) is 5.90. The van der Waals surface area contributed by atoms with Crippen molar-refractivity contribution in [1.29, 1.82) is 0 Å². The van der Waals surface area contributed by atoms with Crippen molar-refractivity contribution in [3.8, 4) is 11.3 Å². The maximum Gasteiger partial charge on any atom is 0.137 e. The fourth-order valence-corrected chi connectivity index (χ4v) is 2.28. The van der Waals surface area contributed by atoms with Crippen LogP contribution in [0.1, 0.15) is 5.56 Å². The van der Waals surface area contributed by atoms with Crippen molar-refractivity contribution >= 4 is 40.6 Å². The first-order chi connectivity index (χ1) is 8.76. The highest BCUT2D eigenvalue weighted by molar-refractivity contribution is 14.1. The summed E-state index contributed by atoms with van der Waals surface area (Å²) >= 11 is 2.30. The van der Waals surface area contributed by atoms with Gasteiger partial charge in [-0.15, -0.1) is 12.4 Å². The second-order valence-corrected chi connectivity index (χ2v) is 5.39. The van der Waals surface area contributed by atoms with Crippen molar-refractivity contribution in [2.24, 2.45) is 5.73 Å². The van der Waals surface area contributed by atoms with Gasteiger partial charge in [-0.2, -0.15) is 0 Å². The van der Waals surface area contributed by atoms with E-state index in [-0.39, 0.29) is 12.4 Å². The molecule has 0 saturated heterocycles. The number of benzene rings is 1. The lowest BCUT2D eigenvalue weighted by Crippen LogP contribution is -1.97. The number of hydrogen-bond acceptors (Lipinski definition) is 2. The summed E-state index contributed by atoms with van der Waals surface area (Å²) in [5, 5.41) is 0. The minimum Gasteiger partial charge on any atom is -0.326 e. The van der Waals surface area contributed by atoms with E-state index in [9.17, 15) is 0 Å². The molecule has 2 N–H and O–H groups in total. The van der Waals surface area contributed by atoms with Crippen LogP contribution in [-0.4, -0.2) is 9.38 Å². The number of nitrogens with two attached hydrogens (primary N) is 1. The Bertz CT molecular complexity index is 691. The quantitative estimate of drug-likeness (QED) is 0.686. The number of aromatic nitrogens is 2. The van der Waals surface area contributed by atoms with Crippen molar-refractivity contribution in [2.75, 3.05) is 0 Å². The summed E-state index contributed by atoms with van der Waals surface area (Å²) in [7, 11) is 0. The van der Waals surface area contributed by atoms with E-state index < -0.39 is 0 Å². The van der Waals surface area contributed by atoms with E-state index in [0.717, 1.165) is 22.5 Å². The second-order valence-electron chi connectivity index (χ2n) is 4.14. The van der Waals surface area contributed by atoms with Crippen LogP contribution >= 0.6 is 35.0 Å². The highest BCUT2D eigenvalue weighted by Crippen LogP contribution is 2.20. The SMILES string of the molecule is Cl.NCc1ccc2nc(-c3ccc(I)cc3)cn2c1. The number of rotatable bonds is 2. The molecule has 3 rings (SSSR count). The Balaban J connectivity index is 0.00000133. The molecule has 19 heavy (non-hydrogen) atoms. The first-order valence-electron chi connectivity index (χ1n) is 5.70. The molecule has 98 valence electrons. The molecular formula is C14H13ClIN3. The van der Waals surface area contributed by atoms with E-state index in [1.165, 1.54) is 3.57 Å². The van der Waals surface area contributed by atoms with Crippen LogP contribution < -0.4 is 5.73 Å². The Labute approximate surface area is 131 Å². The van der Waals surface area contributed by atoms with Crippen molar-refractivity contribution in [3.05, 3.63) is 57.9 Å². The van der Waals surface area contributed by atoms with Crippen molar-refractivity contribution in [2.45, 2.75) is 6.54 Å². The van der Waals surface area contributed by atoms with Gasteiger partial charge in [-0.25, -0.2) is 4.98 Å². The van der Waals surface area contributed by atoms with Crippen LogP contribution in [0.3, 0.4) is 0 Å². The molecule has 0 aliphatic rings. The lowest BCUT2D eigenvalue weighted by Gasteiger charge is -1.96. The highest BCUT2D eigenvalue weighted by atomic mass is 127. The summed E-state index contributed by atoms with van der Waals surface area (Å²) in [5.74, 6) is 0. The predicted octanol–water partition coefficient (Wildman–Crippen LogP) is 3.49. The summed E-state index contributed by atoms with van der Waals surface area (Å²) in [6.07, 6.45) is 4.06. The number of hydrogen-bond donors (Lipinski definition) is 1. The summed E-state index contributed by atoms with van der Waals surface area (Å²) in [6.45, 7) is 0.549. The Kier molecular flexibility index (Phi) is 4.44. The molecule has 0 saturated carbocycles. The van der Waals surface area contributed by atoms with E-state index in [4.69, 9.17) is 5.73 Å². The van der Waals surface area contributed by atoms with Gasteiger partial charge in [0.2, 0.25) is 0 Å². The smallest absolute Gasteiger partial charge is 0.137 e. The van der Waals surface area contributed by atoms with Gasteiger partial charge in [-0.3, -0.25) is 0 Å². The largest absolute Gasteiger partial charge is 0.326 e. The van der Waals surface area contributed by atoms with Gasteiger partial charge in [0.25, 0.3) is 0 Å². The van der Waals surface area contributed by atoms with Gasteiger partial charge in [-0.05, 0) is 46.4 Å². The molecular weight excluding hydrogens is 373 g/mol. The van der Waals surface area contributed by atoms with Gasteiger partial charge >= 0.3 is 0 Å². The standard InChI is InChI=1S/C14H12IN3.ClH/c15-12-4-2-11(3-5-12)13-9-18-8-10(7-16)1-6-14(18)17-13;/h1-6,8-9H,7,16H2;1H. The Hall–Kier alpha value is -1.11. The zero-order valence-corrected chi connectivity index (χ0v) is 13.1. The molecule has 0 atom stereocenters. The van der Waals surface area contributed by atoms with Crippen molar-refractivity contribution in [1.82, 2.24) is 9.38 Å². The van der Waals surface area contributed by atoms with Crippen LogP contribution in [0.4, 0.5) is 0 Å². The first-order valence-corrected chi connectivity index (χ1v) is 6.78. The third-order valence-corrected chi connectivity index (χ3v) is 3.61. The van der Waals surface area contributed by atoms with Gasteiger partial charge < -0.3 is 10.1 Å². The minimum absolute atomic E-state index is 0. The van der Waals surface area contributed by atoms with E-state index in [2.05, 4.69) is 51.8 Å². The van der Waals surface area contributed by atoms with Gasteiger partial charge in [0.15, 0.2) is 0 Å². The number of imidazole rings is 1. The molecule has 2 heterocycles. The Morgan fingerprint density at radius 3 is 2.47 bits per heavy atom. The van der Waals surface area contributed by atoms with Crippen LogP contribution in [-0.2, 0) is 6.54 Å². The third kappa shape index (κ3) is 2.91. The monoisotopic (exact) mass is 385 g/mol. The normalized spacial score (nSPS) is 10.4. The summed E-state index contributed by atoms with van der Waals surface area (Å²) in [5.41, 5.74) is 9.81. The Morgan fingerprint density at radius 1 is 1.05 bits per heavy atom. The number of nitrogens with zero attached hydrogens (tertiary/aromatic N) is 2. The third-order valence-electron chi connectivity index (χ3n) is 2.89. The van der Waals surface area contributed by atoms with Crippen molar-refractivity contribution in [3.63, 3.8) is 0 Å². The molecule has 3 aromatic rings. The average molecular weight is 386 g/mol. The van der Waals surface area contributed by atoms with Gasteiger partial charge in [0.1, 0.15) is 5.65 Å². The molecule has 0 bridgehead atoms. The predicted molar refractivity (Wildman–Crippen MR) is 88.5 cm³/mol. The highest BCUT2D eigenvalue weighted by Gasteiger charge is 2.04. The zero-order chi connectivity index (χ0) is 12.5. The molecule has 0 aliphatic heterocycles. The summed E-state index contributed by atoms with van der Waals surface area (Å²) in [4.78, 5) is 4.61. The minimum atomic E-state index is 0. The zero-order valence-electron chi connectivity index (χ0n) is 10.1. The number of pyridine rings is 1. The molecule has 1 aromatic carbocycles. The molecule has 2 aromatic heterocycles. The fraction of sp³-hybridized carbons (Fsp3) is 0.0714. The van der Waals surface area contributed by atoms with E-state index >= 15 is 0 Å². The number of fused-ring (bicyclic) bond motifs is 1. The molecule has 0 aliphatic carbocycles. The summed E-state index contributed by atoms with van der Waals surface area (Å²) in [6, 6.07) is 12.4. The Morgan fingerprint density at radius 2 is 1.79 bits per heavy atom. The van der Waals surface area contributed by atoms with Crippen LogP contribution in [0, 0.1) is 3.57 Å². The van der Waals surface area contributed by atoms with Crippen LogP contribution in [0.25, 0.3) is 16.9 Å². The van der Waals surface area contributed by atoms with Gasteiger partial charge in [0.05, 0.1) is 5.69 Å². The van der Waals surface area contributed by atoms with E-state index in [1.54, 1.807) is 0 Å². The molecule has 5 heteroatoms. The maximum absolute atomic E-state index is 5.64. The summed E-state index contributed by atoms with van der Waals surface area (Å²) < 4.78 is 3.25. The average Bonchev–Trinajstić information content (AvgIpc) is 2.82. The molecule has 0 fully saturated rings. The van der Waals surface area contributed by atoms with Crippen molar-refractivity contribution < 1.29 is 0 Å². The van der Waals surface area contributed by atoms with Crippen LogP contribution in [0.2, 0.25) is 0 Å². The number of halogens is 2. The van der Waals surface area contributed by atoms with E-state index in [0.29, 0.717) is 6.54 Å².